The predicted molar refractivity (Wildman–Crippen MR) is 188 cm³/mol. The van der Waals surface area contributed by atoms with Gasteiger partial charge in [0.25, 0.3) is 21.6 Å². The van der Waals surface area contributed by atoms with Crippen molar-refractivity contribution in [2.45, 2.75) is 9.79 Å². The van der Waals surface area contributed by atoms with E-state index in [0.29, 0.717) is 49.9 Å². The molecule has 2 amide bonds. The Hall–Kier alpha value is -5.18. The van der Waals surface area contributed by atoms with Crippen LogP contribution in [0.3, 0.4) is 0 Å². The van der Waals surface area contributed by atoms with Gasteiger partial charge in [0.05, 0.1) is 30.1 Å². The van der Waals surface area contributed by atoms with E-state index in [1.807, 2.05) is 47.2 Å². The number of hydrogen-bond acceptors (Lipinski definition) is 10. The molecule has 5 rings (SSSR count). The Balaban J connectivity index is 1.22. The Morgan fingerprint density at radius 2 is 1.73 bits per heavy atom. The summed E-state index contributed by atoms with van der Waals surface area (Å²) in [7, 11) is -2.91. The molecule has 0 atom stereocenters. The minimum Gasteiger partial charge on any atom is -0.496 e. The third kappa shape index (κ3) is 9.25. The summed E-state index contributed by atoms with van der Waals surface area (Å²) in [6.45, 7) is 2.54. The minimum absolute atomic E-state index is 0.0659. The molecule has 0 saturated carbocycles. The fourth-order valence-corrected chi connectivity index (χ4v) is 6.78. The van der Waals surface area contributed by atoms with E-state index < -0.39 is 31.4 Å². The topological polar surface area (TPSA) is 157 Å². The number of nitrogens with zero attached hydrogens (tertiary/aromatic N) is 2. The molecule has 14 heteroatoms. The summed E-state index contributed by atoms with van der Waals surface area (Å²) < 4.78 is 39.0. The second kappa shape index (κ2) is 16.3. The normalized spacial score (nSPS) is 13.2. The average molecular weight is 703 g/mol. The molecule has 1 heterocycles. The first-order valence-corrected chi connectivity index (χ1v) is 17.7. The van der Waals surface area contributed by atoms with Crippen molar-refractivity contribution in [1.29, 1.82) is 0 Å². The van der Waals surface area contributed by atoms with Crippen LogP contribution in [-0.4, -0.2) is 75.8 Å². The molecule has 0 spiro atoms. The van der Waals surface area contributed by atoms with Gasteiger partial charge in [-0.3, -0.25) is 19.7 Å². The minimum atomic E-state index is -4.43. The third-order valence-electron chi connectivity index (χ3n) is 7.56. The van der Waals surface area contributed by atoms with Crippen LogP contribution in [0.5, 0.6) is 5.75 Å². The molecule has 0 aliphatic carbocycles. The lowest BCUT2D eigenvalue weighted by atomic mass is 10.0. The summed E-state index contributed by atoms with van der Waals surface area (Å²) in [6.07, 6.45) is 3.22. The molecule has 1 saturated heterocycles. The molecule has 0 aromatic heterocycles. The van der Waals surface area contributed by atoms with E-state index >= 15 is 0 Å². The number of anilines is 1. The van der Waals surface area contributed by atoms with Crippen LogP contribution in [-0.2, 0) is 19.6 Å². The number of ether oxygens (including phenoxy) is 2. The molecule has 1 aliphatic heterocycles. The summed E-state index contributed by atoms with van der Waals surface area (Å²) >= 11 is 1.58. The largest absolute Gasteiger partial charge is 0.496 e. The SMILES string of the molecule is COc1cc(C=CC(=O)N2CCOCC2)ccc1-c1ccc(C(=O)NS(=O)(=O)c2ccc(NCCSc3ccccc3)c([N+](=O)[O-])c2)cc1. The van der Waals surface area contributed by atoms with Gasteiger partial charge in [-0.05, 0) is 59.7 Å². The van der Waals surface area contributed by atoms with Crippen molar-refractivity contribution in [3.8, 4) is 16.9 Å². The van der Waals surface area contributed by atoms with Crippen molar-refractivity contribution in [1.82, 2.24) is 9.62 Å². The molecule has 4 aromatic rings. The highest BCUT2D eigenvalue weighted by Crippen LogP contribution is 2.32. The van der Waals surface area contributed by atoms with E-state index in [1.165, 1.54) is 37.5 Å². The average Bonchev–Trinajstić information content (AvgIpc) is 3.12. The lowest BCUT2D eigenvalue weighted by Gasteiger charge is -2.25. The summed E-state index contributed by atoms with van der Waals surface area (Å²) in [5, 5.41) is 14.8. The maximum atomic E-state index is 13.1. The van der Waals surface area contributed by atoms with Crippen molar-refractivity contribution >= 4 is 51.1 Å². The van der Waals surface area contributed by atoms with Gasteiger partial charge in [-0.25, -0.2) is 13.1 Å². The number of sulfonamides is 1. The number of benzene rings is 4. The van der Waals surface area contributed by atoms with Crippen LogP contribution in [0.15, 0.2) is 107 Å². The predicted octanol–water partition coefficient (Wildman–Crippen LogP) is 5.47. The summed E-state index contributed by atoms with van der Waals surface area (Å²) in [5.41, 5.74) is 1.99. The maximum absolute atomic E-state index is 13.1. The van der Waals surface area contributed by atoms with Gasteiger partial charge in [-0.1, -0.05) is 42.5 Å². The molecule has 1 aliphatic rings. The molecule has 4 aromatic carbocycles. The first kappa shape index (κ1) is 35.1. The maximum Gasteiger partial charge on any atom is 0.293 e. The number of methoxy groups -OCH3 is 1. The van der Waals surface area contributed by atoms with E-state index in [1.54, 1.807) is 40.9 Å². The highest BCUT2D eigenvalue weighted by molar-refractivity contribution is 7.99. The summed E-state index contributed by atoms with van der Waals surface area (Å²) in [5.74, 6) is 0.171. The summed E-state index contributed by atoms with van der Waals surface area (Å²) in [6, 6.07) is 24.8. The van der Waals surface area contributed by atoms with Gasteiger partial charge >= 0.3 is 0 Å². The van der Waals surface area contributed by atoms with Crippen molar-refractivity contribution < 1.29 is 32.4 Å². The molecule has 254 valence electrons. The van der Waals surface area contributed by atoms with E-state index in [0.717, 1.165) is 22.1 Å². The number of morpholine rings is 1. The van der Waals surface area contributed by atoms with Crippen LogP contribution in [0, 0.1) is 10.1 Å². The van der Waals surface area contributed by atoms with Crippen molar-refractivity contribution in [3.05, 3.63) is 118 Å². The van der Waals surface area contributed by atoms with Crippen molar-refractivity contribution in [3.63, 3.8) is 0 Å². The fraction of sp³-hybridized carbons (Fsp3) is 0.200. The second-order valence-electron chi connectivity index (χ2n) is 10.8. The zero-order chi connectivity index (χ0) is 34.8. The fourth-order valence-electron chi connectivity index (χ4n) is 5.00. The van der Waals surface area contributed by atoms with E-state index in [2.05, 4.69) is 5.32 Å². The van der Waals surface area contributed by atoms with Crippen LogP contribution in [0.25, 0.3) is 17.2 Å². The number of nitro groups is 1. The number of amides is 2. The van der Waals surface area contributed by atoms with Crippen LogP contribution >= 0.6 is 11.8 Å². The van der Waals surface area contributed by atoms with E-state index in [-0.39, 0.29) is 17.2 Å². The van der Waals surface area contributed by atoms with Gasteiger partial charge in [0, 0.05) is 53.6 Å². The number of nitro benzene ring substituents is 1. The molecule has 0 bridgehead atoms. The Morgan fingerprint density at radius 3 is 2.43 bits per heavy atom. The number of nitrogens with one attached hydrogen (secondary N) is 2. The highest BCUT2D eigenvalue weighted by atomic mass is 32.2. The quantitative estimate of drug-likeness (QED) is 0.0603. The molecular weight excluding hydrogens is 669 g/mol. The first-order chi connectivity index (χ1) is 23.6. The number of carbonyl (C=O) groups is 2. The molecular formula is C35H34N4O8S2. The molecule has 2 N–H and O–H groups in total. The number of hydrogen-bond donors (Lipinski definition) is 2. The number of thioether (sulfide) groups is 1. The Bertz CT molecular complexity index is 1950. The van der Waals surface area contributed by atoms with Gasteiger partial charge in [-0.2, -0.15) is 0 Å². The van der Waals surface area contributed by atoms with E-state index in [9.17, 15) is 28.1 Å². The number of carbonyl (C=O) groups excluding carboxylic acids is 2. The van der Waals surface area contributed by atoms with E-state index in [4.69, 9.17) is 9.47 Å². The van der Waals surface area contributed by atoms with Gasteiger partial charge < -0.3 is 19.7 Å². The van der Waals surface area contributed by atoms with Gasteiger partial charge in [0.2, 0.25) is 5.91 Å². The molecule has 1 fully saturated rings. The standard InChI is InChI=1S/C35H34N4O8S2/c1-46-33-23-25(8-16-34(40)38-18-20-47-21-19-38)7-14-30(33)26-9-11-27(12-10-26)35(41)37-49(44,45)29-13-15-31(32(24-29)39(42)43)36-17-22-48-28-5-3-2-4-6-28/h2-16,23-24,36H,17-22H2,1H3,(H,37,41). The second-order valence-corrected chi connectivity index (χ2v) is 13.6. The summed E-state index contributed by atoms with van der Waals surface area (Å²) in [4.78, 5) is 38.9. The Morgan fingerprint density at radius 1 is 1.00 bits per heavy atom. The zero-order valence-corrected chi connectivity index (χ0v) is 28.2. The van der Waals surface area contributed by atoms with Crippen molar-refractivity contribution in [2.75, 3.05) is 51.0 Å². The third-order valence-corrected chi connectivity index (χ3v) is 9.90. The molecule has 12 nitrogen and oxygen atoms in total. The lowest BCUT2D eigenvalue weighted by molar-refractivity contribution is -0.384. The van der Waals surface area contributed by atoms with Gasteiger partial charge in [0.15, 0.2) is 0 Å². The molecule has 0 unspecified atom stereocenters. The van der Waals surface area contributed by atoms with Crippen LogP contribution in [0.4, 0.5) is 11.4 Å². The smallest absolute Gasteiger partial charge is 0.293 e. The lowest BCUT2D eigenvalue weighted by Crippen LogP contribution is -2.39. The van der Waals surface area contributed by atoms with Crippen LogP contribution in [0.1, 0.15) is 15.9 Å². The van der Waals surface area contributed by atoms with Gasteiger partial charge in [-0.15, -0.1) is 11.8 Å². The molecule has 0 radical (unpaired) electrons. The monoisotopic (exact) mass is 702 g/mol. The Labute approximate surface area is 288 Å². The zero-order valence-electron chi connectivity index (χ0n) is 26.5. The number of rotatable bonds is 13. The molecule has 49 heavy (non-hydrogen) atoms. The van der Waals surface area contributed by atoms with Crippen molar-refractivity contribution in [2.24, 2.45) is 0 Å². The first-order valence-electron chi connectivity index (χ1n) is 15.2. The van der Waals surface area contributed by atoms with Crippen LogP contribution < -0.4 is 14.8 Å². The van der Waals surface area contributed by atoms with Crippen LogP contribution in [0.2, 0.25) is 0 Å². The highest BCUT2D eigenvalue weighted by Gasteiger charge is 2.24. The Kier molecular flexibility index (Phi) is 11.7. The van der Waals surface area contributed by atoms with Gasteiger partial charge in [0.1, 0.15) is 11.4 Å².